The molecule has 4 N–H and O–H groups in total. The van der Waals surface area contributed by atoms with Gasteiger partial charge in [-0.1, -0.05) is 12.1 Å². The quantitative estimate of drug-likeness (QED) is 0.257. The monoisotopic (exact) mass is 420 g/mol. The van der Waals surface area contributed by atoms with E-state index in [1.54, 1.807) is 18.2 Å². The lowest BCUT2D eigenvalue weighted by molar-refractivity contribution is 0.1000. The van der Waals surface area contributed by atoms with E-state index in [9.17, 15) is 4.79 Å². The van der Waals surface area contributed by atoms with Gasteiger partial charge in [-0.3, -0.25) is 4.79 Å². The van der Waals surface area contributed by atoms with Gasteiger partial charge in [-0.15, -0.1) is 24.0 Å². The second-order valence-corrected chi connectivity index (χ2v) is 4.38. The molecule has 0 fully saturated rings. The Hall–Kier alpha value is -1.35. The summed E-state index contributed by atoms with van der Waals surface area (Å²) in [7, 11) is 0. The van der Waals surface area contributed by atoms with Gasteiger partial charge >= 0.3 is 0 Å². The van der Waals surface area contributed by atoms with Crippen LogP contribution in [0.15, 0.2) is 29.3 Å². The number of carbonyl (C=O) groups is 1. The van der Waals surface area contributed by atoms with Crippen LogP contribution in [0.3, 0.4) is 0 Å². The summed E-state index contributed by atoms with van der Waals surface area (Å²) in [6, 6.07) is 7.18. The summed E-state index contributed by atoms with van der Waals surface area (Å²) in [5.41, 5.74) is 6.70. The van der Waals surface area contributed by atoms with Crippen molar-refractivity contribution in [3.05, 3.63) is 35.4 Å². The highest BCUT2D eigenvalue weighted by Gasteiger charge is 2.01. The fourth-order valence-electron chi connectivity index (χ4n) is 1.72. The Kier molecular flexibility index (Phi) is 11.5. The molecule has 0 saturated heterocycles. The minimum absolute atomic E-state index is 0. The molecule has 0 atom stereocenters. The Morgan fingerprint density at radius 1 is 1.32 bits per heavy atom. The predicted molar refractivity (Wildman–Crippen MR) is 99.7 cm³/mol. The first-order valence-electron chi connectivity index (χ1n) is 7.16. The predicted octanol–water partition coefficient (Wildman–Crippen LogP) is 1.50. The van der Waals surface area contributed by atoms with Crippen LogP contribution in [0.4, 0.5) is 0 Å². The maximum absolute atomic E-state index is 11.1. The molecule has 0 aliphatic carbocycles. The van der Waals surface area contributed by atoms with Gasteiger partial charge in [-0.2, -0.15) is 0 Å². The first kappa shape index (κ1) is 20.6. The number of nitrogens with one attached hydrogen (secondary N) is 2. The zero-order valence-electron chi connectivity index (χ0n) is 13.1. The zero-order valence-corrected chi connectivity index (χ0v) is 15.4. The summed E-state index contributed by atoms with van der Waals surface area (Å²) in [5, 5.41) is 6.34. The minimum atomic E-state index is -0.428. The fourth-order valence-corrected chi connectivity index (χ4v) is 1.72. The zero-order chi connectivity index (χ0) is 15.5. The number of ether oxygens (including phenoxy) is 1. The first-order valence-corrected chi connectivity index (χ1v) is 7.16. The summed E-state index contributed by atoms with van der Waals surface area (Å²) in [6.45, 7) is 7.26. The van der Waals surface area contributed by atoms with Gasteiger partial charge in [0.05, 0.1) is 13.2 Å². The highest BCUT2D eigenvalue weighted by molar-refractivity contribution is 14.0. The second kappa shape index (κ2) is 12.2. The van der Waals surface area contributed by atoms with Crippen LogP contribution in [0, 0.1) is 0 Å². The third kappa shape index (κ3) is 8.18. The van der Waals surface area contributed by atoms with Gasteiger partial charge in [0.2, 0.25) is 5.91 Å². The third-order valence-corrected chi connectivity index (χ3v) is 2.72. The van der Waals surface area contributed by atoms with Gasteiger partial charge in [-0.25, -0.2) is 4.99 Å². The van der Waals surface area contributed by atoms with Crippen molar-refractivity contribution >= 4 is 35.8 Å². The van der Waals surface area contributed by atoms with Gasteiger partial charge in [0.25, 0.3) is 0 Å². The first-order chi connectivity index (χ1) is 10.2. The van der Waals surface area contributed by atoms with Crippen LogP contribution in [0.25, 0.3) is 0 Å². The normalized spacial score (nSPS) is 10.7. The second-order valence-electron chi connectivity index (χ2n) is 4.38. The number of primary amides is 1. The van der Waals surface area contributed by atoms with Crippen molar-refractivity contribution in [1.82, 2.24) is 10.6 Å². The summed E-state index contributed by atoms with van der Waals surface area (Å²) in [4.78, 5) is 15.6. The molecule has 0 aromatic heterocycles. The van der Waals surface area contributed by atoms with E-state index in [0.29, 0.717) is 31.9 Å². The van der Waals surface area contributed by atoms with Crippen molar-refractivity contribution in [1.29, 1.82) is 0 Å². The van der Waals surface area contributed by atoms with E-state index in [-0.39, 0.29) is 24.0 Å². The van der Waals surface area contributed by atoms with Crippen LogP contribution in [0.1, 0.15) is 29.8 Å². The molecule has 0 unspecified atom stereocenters. The van der Waals surface area contributed by atoms with E-state index in [0.717, 1.165) is 18.1 Å². The smallest absolute Gasteiger partial charge is 0.248 e. The summed E-state index contributed by atoms with van der Waals surface area (Å²) < 4.78 is 5.27. The number of hydrogen-bond donors (Lipinski definition) is 3. The Balaban J connectivity index is 0.00000441. The number of nitrogens with two attached hydrogens (primary N) is 1. The van der Waals surface area contributed by atoms with Gasteiger partial charge in [0, 0.05) is 25.3 Å². The fraction of sp³-hybridized carbons (Fsp3) is 0.467. The van der Waals surface area contributed by atoms with Crippen molar-refractivity contribution < 1.29 is 9.53 Å². The van der Waals surface area contributed by atoms with E-state index in [2.05, 4.69) is 15.6 Å². The van der Waals surface area contributed by atoms with Crippen LogP contribution in [0.5, 0.6) is 0 Å². The van der Waals surface area contributed by atoms with Crippen molar-refractivity contribution in [2.24, 2.45) is 10.7 Å². The van der Waals surface area contributed by atoms with Crippen LogP contribution in [-0.4, -0.2) is 38.2 Å². The average molecular weight is 420 g/mol. The maximum atomic E-state index is 11.1. The van der Waals surface area contributed by atoms with Gasteiger partial charge < -0.3 is 21.1 Å². The highest BCUT2D eigenvalue weighted by atomic mass is 127. The molecule has 1 aromatic carbocycles. The molecule has 0 bridgehead atoms. The van der Waals surface area contributed by atoms with Gasteiger partial charge in [-0.05, 0) is 31.5 Å². The Morgan fingerprint density at radius 3 is 2.73 bits per heavy atom. The Morgan fingerprint density at radius 2 is 2.09 bits per heavy atom. The van der Waals surface area contributed by atoms with Crippen LogP contribution >= 0.6 is 24.0 Å². The molecule has 124 valence electrons. The molecule has 1 aromatic rings. The number of rotatable bonds is 8. The summed E-state index contributed by atoms with van der Waals surface area (Å²) in [5.74, 6) is 0.296. The van der Waals surface area contributed by atoms with Crippen molar-refractivity contribution in [3.8, 4) is 0 Å². The lowest BCUT2D eigenvalue weighted by atomic mass is 10.1. The Bertz CT molecular complexity index is 480. The number of aliphatic imine (C=N–C) groups is 1. The summed E-state index contributed by atoms with van der Waals surface area (Å²) in [6.07, 6.45) is 0. The SMILES string of the molecule is CCNC(=NCc1cccc(C(N)=O)c1)NCCOCC.I. The molecular weight excluding hydrogens is 395 g/mol. The lowest BCUT2D eigenvalue weighted by Gasteiger charge is -2.11. The number of guanidine groups is 1. The average Bonchev–Trinajstić information content (AvgIpc) is 2.49. The topological polar surface area (TPSA) is 88.7 Å². The number of carbonyl (C=O) groups excluding carboxylic acids is 1. The van der Waals surface area contributed by atoms with Crippen LogP contribution in [0.2, 0.25) is 0 Å². The van der Waals surface area contributed by atoms with E-state index in [1.807, 2.05) is 19.9 Å². The van der Waals surface area contributed by atoms with Crippen LogP contribution in [-0.2, 0) is 11.3 Å². The number of halogens is 1. The molecule has 0 spiro atoms. The molecule has 6 nitrogen and oxygen atoms in total. The van der Waals surface area contributed by atoms with E-state index in [1.165, 1.54) is 0 Å². The van der Waals surface area contributed by atoms with Crippen molar-refractivity contribution in [3.63, 3.8) is 0 Å². The van der Waals surface area contributed by atoms with Crippen LogP contribution < -0.4 is 16.4 Å². The van der Waals surface area contributed by atoms with E-state index in [4.69, 9.17) is 10.5 Å². The van der Waals surface area contributed by atoms with E-state index < -0.39 is 5.91 Å². The molecule has 7 heteroatoms. The Labute approximate surface area is 148 Å². The molecule has 1 amide bonds. The molecule has 0 saturated carbocycles. The lowest BCUT2D eigenvalue weighted by Crippen LogP contribution is -2.39. The van der Waals surface area contributed by atoms with Gasteiger partial charge in [0.1, 0.15) is 0 Å². The third-order valence-electron chi connectivity index (χ3n) is 2.72. The number of amides is 1. The molecule has 0 aliphatic heterocycles. The largest absolute Gasteiger partial charge is 0.380 e. The maximum Gasteiger partial charge on any atom is 0.248 e. The van der Waals surface area contributed by atoms with E-state index >= 15 is 0 Å². The number of benzene rings is 1. The standard InChI is InChI=1S/C15H24N4O2.HI/c1-3-17-15(18-8-9-21-4-2)19-11-12-6-5-7-13(10-12)14(16)20;/h5-7,10H,3-4,8-9,11H2,1-2H3,(H2,16,20)(H2,17,18,19);1H. The minimum Gasteiger partial charge on any atom is -0.380 e. The molecule has 0 radical (unpaired) electrons. The molecule has 0 heterocycles. The molecule has 1 rings (SSSR count). The highest BCUT2D eigenvalue weighted by Crippen LogP contribution is 2.05. The molecule has 0 aliphatic rings. The number of nitrogens with zero attached hydrogens (tertiary/aromatic N) is 1. The van der Waals surface area contributed by atoms with Crippen molar-refractivity contribution in [2.75, 3.05) is 26.3 Å². The summed E-state index contributed by atoms with van der Waals surface area (Å²) >= 11 is 0. The molecular formula is C15H25IN4O2. The number of hydrogen-bond acceptors (Lipinski definition) is 3. The van der Waals surface area contributed by atoms with Crippen molar-refractivity contribution in [2.45, 2.75) is 20.4 Å². The van der Waals surface area contributed by atoms with Gasteiger partial charge in [0.15, 0.2) is 5.96 Å². The molecule has 22 heavy (non-hydrogen) atoms.